The van der Waals surface area contributed by atoms with Crippen LogP contribution in [0.25, 0.3) is 16.5 Å². The molecule has 0 saturated heterocycles. The van der Waals surface area contributed by atoms with Crippen LogP contribution in [-0.4, -0.2) is 16.7 Å². The number of rotatable bonds is 4. The van der Waals surface area contributed by atoms with Crippen molar-refractivity contribution in [2.75, 3.05) is 12.3 Å². The molecule has 6 nitrogen and oxygen atoms in total. The summed E-state index contributed by atoms with van der Waals surface area (Å²) in [5, 5.41) is 9.87. The first-order valence-corrected chi connectivity index (χ1v) is 3.81. The number of azide groups is 1. The molecule has 0 saturated carbocycles. The number of nitrogens with zero attached hydrogens (tertiary/aromatic N) is 4. The van der Waals surface area contributed by atoms with Crippen molar-refractivity contribution in [1.29, 1.82) is 0 Å². The van der Waals surface area contributed by atoms with Crippen molar-refractivity contribution in [3.05, 3.63) is 28.3 Å². The van der Waals surface area contributed by atoms with Crippen molar-refractivity contribution < 1.29 is 0 Å². The lowest BCUT2D eigenvalue weighted by Gasteiger charge is -1.83. The van der Waals surface area contributed by atoms with Gasteiger partial charge in [-0.2, -0.15) is 5.10 Å². The maximum Gasteiger partial charge on any atom is 0.145 e. The van der Waals surface area contributed by atoms with Crippen molar-refractivity contribution in [2.45, 2.75) is 6.42 Å². The van der Waals surface area contributed by atoms with E-state index in [0.717, 1.165) is 5.69 Å². The third kappa shape index (κ3) is 3.31. The number of nitrogens with one attached hydrogen (secondary N) is 1. The summed E-state index contributed by atoms with van der Waals surface area (Å²) in [4.78, 5) is 2.64. The average molecular weight is 178 g/mol. The third-order valence-electron chi connectivity index (χ3n) is 1.37. The van der Waals surface area contributed by atoms with Gasteiger partial charge in [0.15, 0.2) is 0 Å². The summed E-state index contributed by atoms with van der Waals surface area (Å²) in [6.45, 7) is 0.469. The highest BCUT2D eigenvalue weighted by atomic mass is 15.1. The largest absolute Gasteiger partial charge is 0.382 e. The van der Waals surface area contributed by atoms with Crippen molar-refractivity contribution in [1.82, 2.24) is 10.2 Å². The maximum atomic E-state index is 7.99. The fraction of sp³-hybridized carbons (Fsp3) is 0.286. The van der Waals surface area contributed by atoms with Crippen molar-refractivity contribution in [2.24, 2.45) is 5.11 Å². The molecule has 0 atom stereocenters. The minimum absolute atomic E-state index is 0.467. The third-order valence-corrected chi connectivity index (χ3v) is 1.37. The molecule has 1 aromatic heterocycles. The summed E-state index contributed by atoms with van der Waals surface area (Å²) in [6, 6.07) is 1.73. The zero-order valence-corrected chi connectivity index (χ0v) is 7.01. The van der Waals surface area contributed by atoms with Gasteiger partial charge in [0.05, 0.1) is 5.69 Å². The van der Waals surface area contributed by atoms with Gasteiger partial charge >= 0.3 is 0 Å². The van der Waals surface area contributed by atoms with Gasteiger partial charge in [-0.3, -0.25) is 5.10 Å². The lowest BCUT2D eigenvalue weighted by molar-refractivity contribution is 0.994. The Bertz CT molecular complexity index is 333. The predicted octanol–water partition coefficient (Wildman–Crippen LogP) is 1.71. The number of nitrogens with two attached hydrogens (primary N) is 1. The summed E-state index contributed by atoms with van der Waals surface area (Å²) >= 11 is 0. The molecule has 0 aliphatic carbocycles. The summed E-state index contributed by atoms with van der Waals surface area (Å²) in [5.74, 6) is 0.467. The van der Waals surface area contributed by atoms with Gasteiger partial charge in [0.1, 0.15) is 5.82 Å². The SMILES string of the molecule is [N-]=[N+]=NCCC=Cc1cc(N)n[nH]1. The van der Waals surface area contributed by atoms with E-state index in [2.05, 4.69) is 20.2 Å². The van der Waals surface area contributed by atoms with E-state index < -0.39 is 0 Å². The van der Waals surface area contributed by atoms with Crippen molar-refractivity contribution in [3.63, 3.8) is 0 Å². The Kier molecular flexibility index (Phi) is 3.41. The average Bonchev–Trinajstić information content (AvgIpc) is 2.51. The molecule has 3 N–H and O–H groups in total. The zero-order chi connectivity index (χ0) is 9.52. The number of anilines is 1. The van der Waals surface area contributed by atoms with Crippen LogP contribution >= 0.6 is 0 Å². The minimum atomic E-state index is 0.467. The quantitative estimate of drug-likeness (QED) is 0.317. The highest BCUT2D eigenvalue weighted by Gasteiger charge is 1.90. The monoisotopic (exact) mass is 178 g/mol. The van der Waals surface area contributed by atoms with Gasteiger partial charge < -0.3 is 5.73 Å². The van der Waals surface area contributed by atoms with Gasteiger partial charge in [0.25, 0.3) is 0 Å². The van der Waals surface area contributed by atoms with Crippen LogP contribution in [-0.2, 0) is 0 Å². The van der Waals surface area contributed by atoms with E-state index in [0.29, 0.717) is 18.8 Å². The molecule has 0 aromatic carbocycles. The molecular formula is C7H10N6. The number of H-pyrrole nitrogens is 1. The number of aromatic amines is 1. The van der Waals surface area contributed by atoms with E-state index in [9.17, 15) is 0 Å². The fourth-order valence-corrected chi connectivity index (χ4v) is 0.826. The van der Waals surface area contributed by atoms with Crippen LogP contribution in [0.1, 0.15) is 12.1 Å². The molecule has 6 heteroatoms. The first-order chi connectivity index (χ1) is 6.33. The molecule has 0 fully saturated rings. The smallest absolute Gasteiger partial charge is 0.145 e. The van der Waals surface area contributed by atoms with Gasteiger partial charge in [0.2, 0.25) is 0 Å². The van der Waals surface area contributed by atoms with Gasteiger partial charge in [-0.05, 0) is 18.0 Å². The van der Waals surface area contributed by atoms with Crippen LogP contribution in [0.2, 0.25) is 0 Å². The van der Waals surface area contributed by atoms with Gasteiger partial charge in [-0.1, -0.05) is 11.2 Å². The van der Waals surface area contributed by atoms with Crippen LogP contribution in [0.15, 0.2) is 17.3 Å². The summed E-state index contributed by atoms with van der Waals surface area (Å²) < 4.78 is 0. The summed E-state index contributed by atoms with van der Waals surface area (Å²) in [6.07, 6.45) is 4.45. The molecule has 0 radical (unpaired) electrons. The van der Waals surface area contributed by atoms with Crippen LogP contribution in [0.4, 0.5) is 5.82 Å². The Labute approximate surface area is 75.1 Å². The summed E-state index contributed by atoms with van der Waals surface area (Å²) in [5.41, 5.74) is 14.2. The molecule has 0 aliphatic rings. The van der Waals surface area contributed by atoms with Gasteiger partial charge in [0, 0.05) is 17.5 Å². The highest BCUT2D eigenvalue weighted by Crippen LogP contribution is 2.02. The standard InChI is InChI=1S/C7H10N6/c8-7-5-6(11-12-7)3-1-2-4-10-13-9/h1,3,5H,2,4H2,(H3,8,11,12). The second-order valence-electron chi connectivity index (χ2n) is 2.39. The Morgan fingerprint density at radius 1 is 1.77 bits per heavy atom. The Morgan fingerprint density at radius 2 is 2.62 bits per heavy atom. The Balaban J connectivity index is 2.36. The molecule has 0 aliphatic heterocycles. The molecule has 0 bridgehead atoms. The predicted molar refractivity (Wildman–Crippen MR) is 50.7 cm³/mol. The summed E-state index contributed by atoms with van der Waals surface area (Å²) in [7, 11) is 0. The molecule has 68 valence electrons. The lowest BCUT2D eigenvalue weighted by atomic mass is 10.3. The number of hydrogen-bond acceptors (Lipinski definition) is 3. The number of nitrogen functional groups attached to an aromatic ring is 1. The molecular weight excluding hydrogens is 168 g/mol. The maximum absolute atomic E-state index is 7.99. The molecule has 0 unspecified atom stereocenters. The van der Waals surface area contributed by atoms with Gasteiger partial charge in [-0.25, -0.2) is 0 Å². The first kappa shape index (κ1) is 9.15. The molecule has 1 heterocycles. The highest BCUT2D eigenvalue weighted by molar-refractivity contribution is 5.48. The van der Waals surface area contributed by atoms with E-state index in [4.69, 9.17) is 11.3 Å². The van der Waals surface area contributed by atoms with Crippen molar-refractivity contribution >= 4 is 11.9 Å². The Hall–Kier alpha value is -1.94. The van der Waals surface area contributed by atoms with Crippen LogP contribution in [0.3, 0.4) is 0 Å². The van der Waals surface area contributed by atoms with E-state index in [1.165, 1.54) is 0 Å². The minimum Gasteiger partial charge on any atom is -0.382 e. The van der Waals surface area contributed by atoms with E-state index in [-0.39, 0.29) is 0 Å². The molecule has 0 spiro atoms. The van der Waals surface area contributed by atoms with Crippen LogP contribution in [0, 0.1) is 0 Å². The first-order valence-electron chi connectivity index (χ1n) is 3.81. The Morgan fingerprint density at radius 3 is 3.23 bits per heavy atom. The second kappa shape index (κ2) is 4.84. The number of hydrogen-bond donors (Lipinski definition) is 2. The molecule has 1 aromatic rings. The topological polar surface area (TPSA) is 103 Å². The fourth-order valence-electron chi connectivity index (χ4n) is 0.826. The zero-order valence-electron chi connectivity index (χ0n) is 7.01. The van der Waals surface area contributed by atoms with Gasteiger partial charge in [-0.15, -0.1) is 0 Å². The molecule has 0 amide bonds. The molecule has 1 rings (SSSR count). The second-order valence-corrected chi connectivity index (χ2v) is 2.39. The van der Waals surface area contributed by atoms with Crippen LogP contribution < -0.4 is 5.73 Å². The van der Waals surface area contributed by atoms with E-state index in [1.54, 1.807) is 6.07 Å². The van der Waals surface area contributed by atoms with Crippen molar-refractivity contribution in [3.8, 4) is 0 Å². The van der Waals surface area contributed by atoms with E-state index >= 15 is 0 Å². The normalized spacial score (nSPS) is 10.2. The van der Waals surface area contributed by atoms with Crippen LogP contribution in [0.5, 0.6) is 0 Å². The number of aromatic nitrogens is 2. The molecule has 13 heavy (non-hydrogen) atoms. The van der Waals surface area contributed by atoms with E-state index in [1.807, 2.05) is 12.2 Å². The lowest BCUT2D eigenvalue weighted by Crippen LogP contribution is -1.81.